The fourth-order valence-electron chi connectivity index (χ4n) is 27.9. The minimum atomic E-state index is -0.575. The summed E-state index contributed by atoms with van der Waals surface area (Å²) in [6.45, 7) is 34.3. The lowest BCUT2D eigenvalue weighted by atomic mass is 9.50. The Balaban J connectivity index is 0.000000808. The van der Waals surface area contributed by atoms with Gasteiger partial charge in [-0.1, -0.05) is 151 Å². The van der Waals surface area contributed by atoms with Gasteiger partial charge >= 0.3 is 35.8 Å². The molecule has 0 aliphatic heterocycles. The van der Waals surface area contributed by atoms with Gasteiger partial charge in [0.05, 0.1) is 71.6 Å². The number of esters is 6. The van der Waals surface area contributed by atoms with Crippen LogP contribution in [-0.2, 0) is 105 Å². The fraction of sp³-hybridized carbons (Fsp3) is 0.913. The molecule has 24 saturated carbocycles. The Labute approximate surface area is 836 Å². The van der Waals surface area contributed by atoms with E-state index in [1.165, 1.54) is 103 Å². The maximum Gasteiger partial charge on any atom is 0.313 e. The summed E-state index contributed by atoms with van der Waals surface area (Å²) in [4.78, 5) is 120. The number of Topliss-reactive ketones (excluding diaryl/α,β-unsaturated/α-hetero) is 4. The normalized spacial score (nSPS) is 35.5. The van der Waals surface area contributed by atoms with Crippen LogP contribution in [0.5, 0.6) is 0 Å². The van der Waals surface area contributed by atoms with Crippen LogP contribution >= 0.6 is 0 Å². The van der Waals surface area contributed by atoms with Crippen LogP contribution in [0, 0.1) is 175 Å². The van der Waals surface area contributed by atoms with E-state index in [1.807, 2.05) is 104 Å². The minimum absolute atomic E-state index is 0. The summed E-state index contributed by atoms with van der Waals surface area (Å²) in [5.74, 6) is 12.1. The van der Waals surface area contributed by atoms with Crippen molar-refractivity contribution in [2.75, 3.05) is 40.4 Å². The van der Waals surface area contributed by atoms with Crippen LogP contribution in [0.4, 0.5) is 0 Å². The lowest BCUT2D eigenvalue weighted by Crippen LogP contribution is -2.55. The van der Waals surface area contributed by atoms with Crippen LogP contribution in [0.1, 0.15) is 425 Å². The van der Waals surface area contributed by atoms with Crippen LogP contribution in [0.3, 0.4) is 0 Å². The maximum atomic E-state index is 12.4. The molecule has 24 aliphatic rings. The fourth-order valence-corrected chi connectivity index (χ4v) is 27.9. The average Bonchev–Trinajstić information content (AvgIpc) is 0.756. The van der Waals surface area contributed by atoms with Gasteiger partial charge in [-0.05, 0) is 367 Å². The lowest BCUT2D eigenvalue weighted by molar-refractivity contribution is -0.221. The topological polar surface area (TPSA) is 281 Å². The molecule has 25 unspecified atom stereocenters. The predicted molar refractivity (Wildman–Crippen MR) is 549 cm³/mol. The number of carbonyl (C=O) groups excluding carboxylic acids is 10. The Hall–Kier alpha value is -4.74. The number of ketones is 4. The highest BCUT2D eigenvalue weighted by Gasteiger charge is 2.60. The van der Waals surface area contributed by atoms with E-state index in [2.05, 4.69) is 0 Å². The van der Waals surface area contributed by atoms with Crippen molar-refractivity contribution < 1.29 is 105 Å². The molecular formula is C115H210O22. The van der Waals surface area contributed by atoms with Crippen molar-refractivity contribution in [1.82, 2.24) is 0 Å². The second-order valence-electron chi connectivity index (χ2n) is 46.0. The van der Waals surface area contributed by atoms with Gasteiger partial charge in [0, 0.05) is 47.3 Å². The molecule has 0 N–H and O–H groups in total. The van der Waals surface area contributed by atoms with Gasteiger partial charge in [0.25, 0.3) is 0 Å². The first-order valence-corrected chi connectivity index (χ1v) is 50.3. The second kappa shape index (κ2) is 55.5. The van der Waals surface area contributed by atoms with E-state index in [-0.39, 0.29) is 236 Å². The molecule has 0 saturated heterocycles. The standard InChI is InChI=1S/C18H28O4.C18H30O3.2C17H26O4.C17H28O3.C16H24O4.12CH4/c1-5-18(3,4)17(20)22-10(2)21-16-13-7-11-6-12(9-13)15(19)14(16)8-11;1-4-17(2,3)16(19)21-12-20-11-18-8-13-5-14(9-18)7-15(6-13)10-18;1-4-17(2,3)16(19)21-9-20-15-12-6-10-5-11(8-12)14(18)13(15)7-10;1-4-9(2)17(19)21-10(3)20-16-13-6-11-5-12(8-13)15(18)14(16)7-11;1-3-12(2)16(18)20-11-19-10-17-7-13-4-14(8-17)6-15(5-13)9-17;1-3-9(2)16(18)20-8-19-15-12-5-10-4-11(7-12)14(17)13(15)6-10;;;;;;;;;;;;/h10-14,16H,5-9H2,1-4H3;13-15H,4-12H2,1-3H3;10-13,15H,4-9H2,1-3H3;9-14,16H,4-8H2,1-3H3;12-15H,3-11H2,1-2H3;9-13,15H,3-8H2,1-2H3;12*1H4. The van der Waals surface area contributed by atoms with Crippen LogP contribution in [0.2, 0.25) is 0 Å². The molecule has 24 bridgehead atoms. The molecule has 0 radical (unpaired) electrons. The molecule has 0 aromatic heterocycles. The molecule has 802 valence electrons. The van der Waals surface area contributed by atoms with E-state index < -0.39 is 28.8 Å². The average molecular weight is 1940 g/mol. The van der Waals surface area contributed by atoms with E-state index in [1.54, 1.807) is 13.8 Å². The third-order valence-corrected chi connectivity index (χ3v) is 35.5. The third kappa shape index (κ3) is 30.9. The number of rotatable bonds is 32. The molecule has 24 rings (SSSR count). The monoisotopic (exact) mass is 1940 g/mol. The number of ether oxygens (including phenoxy) is 12. The number of hydrogen-bond acceptors (Lipinski definition) is 22. The molecule has 24 fully saturated rings. The van der Waals surface area contributed by atoms with Crippen molar-refractivity contribution >= 4 is 58.9 Å². The summed E-state index contributed by atoms with van der Waals surface area (Å²) in [5.41, 5.74) is -0.538. The predicted octanol–water partition coefficient (Wildman–Crippen LogP) is 27.3. The highest BCUT2D eigenvalue weighted by atomic mass is 16.7. The second-order valence-corrected chi connectivity index (χ2v) is 46.0. The summed E-state index contributed by atoms with van der Waals surface area (Å²) in [7, 11) is 0. The zero-order valence-corrected chi connectivity index (χ0v) is 79.7. The Kier molecular flexibility index (Phi) is 52.8. The van der Waals surface area contributed by atoms with Gasteiger partial charge in [-0.25, -0.2) is 0 Å². The SMILES string of the molecule is C.C.C.C.C.C.C.C.C.C.C.C.CCC(C)(C)C(=O)OC(C)OC1C2CC3CC(C2)C(=O)C1C3.CCC(C)(C)C(=O)OCOC1C2CC3CC(C2)C(=O)C1C3.CCC(C)(C)C(=O)OCOCC12CC3CC(CC(C3)C1)C2.CCC(C)C(=O)OC(C)OC1C2CC3CC(C2)C(=O)C1C3.CCC(C)C(=O)OCOC1C2CC3CC(C2)C(=O)C1C3.CCC(C)C(=O)OCOCC12CC3CC(CC(C3)C1)C2. The van der Waals surface area contributed by atoms with Gasteiger partial charge in [-0.2, -0.15) is 0 Å². The molecule has 22 heteroatoms. The van der Waals surface area contributed by atoms with Crippen molar-refractivity contribution in [3.63, 3.8) is 0 Å². The first kappa shape index (κ1) is 130. The third-order valence-electron chi connectivity index (χ3n) is 35.5. The molecular weight excluding hydrogens is 1730 g/mol. The van der Waals surface area contributed by atoms with Gasteiger partial charge in [-0.15, -0.1) is 0 Å². The summed E-state index contributed by atoms with van der Waals surface area (Å²) < 4.78 is 67.0. The summed E-state index contributed by atoms with van der Waals surface area (Å²) in [6.07, 6.45) is 37.1. The van der Waals surface area contributed by atoms with Crippen molar-refractivity contribution in [3.05, 3.63) is 0 Å². The summed E-state index contributed by atoms with van der Waals surface area (Å²) in [5, 5.41) is 0. The smallest absolute Gasteiger partial charge is 0.313 e. The number of carbonyl (C=O) groups is 10. The molecule has 0 spiro atoms. The van der Waals surface area contributed by atoms with Crippen LogP contribution in [-0.4, -0.2) is 136 Å². The van der Waals surface area contributed by atoms with Crippen molar-refractivity contribution in [2.45, 2.75) is 462 Å². The van der Waals surface area contributed by atoms with Gasteiger partial charge in [0.2, 0.25) is 0 Å². The van der Waals surface area contributed by atoms with E-state index in [0.717, 1.165) is 176 Å². The van der Waals surface area contributed by atoms with Crippen molar-refractivity contribution in [1.29, 1.82) is 0 Å². The Bertz CT molecular complexity index is 3660. The molecule has 24 aliphatic carbocycles. The van der Waals surface area contributed by atoms with E-state index in [4.69, 9.17) is 56.8 Å². The zero-order chi connectivity index (χ0) is 89.9. The molecule has 137 heavy (non-hydrogen) atoms. The number of hydrogen-bond donors (Lipinski definition) is 0. The summed E-state index contributed by atoms with van der Waals surface area (Å²) in [6, 6.07) is 0. The Morgan fingerprint density at radius 1 is 0.292 bits per heavy atom. The highest BCUT2D eigenvalue weighted by Crippen LogP contribution is 2.63. The Morgan fingerprint density at radius 2 is 0.540 bits per heavy atom. The maximum absolute atomic E-state index is 12.4. The van der Waals surface area contributed by atoms with E-state index in [9.17, 15) is 47.9 Å². The van der Waals surface area contributed by atoms with Gasteiger partial charge in [0.15, 0.2) is 39.8 Å². The highest BCUT2D eigenvalue weighted by molar-refractivity contribution is 5.88. The van der Waals surface area contributed by atoms with Gasteiger partial charge in [-0.3, -0.25) is 47.9 Å². The molecule has 0 aromatic rings. The molecule has 25 atom stereocenters. The zero-order valence-electron chi connectivity index (χ0n) is 79.7. The Morgan fingerprint density at radius 3 is 0.839 bits per heavy atom. The van der Waals surface area contributed by atoms with Gasteiger partial charge < -0.3 is 56.8 Å². The van der Waals surface area contributed by atoms with Crippen LogP contribution < -0.4 is 0 Å². The summed E-state index contributed by atoms with van der Waals surface area (Å²) >= 11 is 0. The quantitative estimate of drug-likeness (QED) is 0.0262. The first-order valence-electron chi connectivity index (χ1n) is 50.3. The van der Waals surface area contributed by atoms with Gasteiger partial charge in [0.1, 0.15) is 23.1 Å². The lowest BCUT2D eigenvalue weighted by Gasteiger charge is -2.56. The van der Waals surface area contributed by atoms with E-state index >= 15 is 0 Å². The van der Waals surface area contributed by atoms with Crippen molar-refractivity contribution in [3.8, 4) is 0 Å². The minimum Gasteiger partial charge on any atom is -0.438 e. The largest absolute Gasteiger partial charge is 0.438 e. The molecule has 0 aromatic carbocycles. The molecule has 22 nitrogen and oxygen atoms in total. The molecule has 0 amide bonds. The van der Waals surface area contributed by atoms with Crippen molar-refractivity contribution in [2.24, 2.45) is 175 Å². The van der Waals surface area contributed by atoms with Crippen LogP contribution in [0.15, 0.2) is 0 Å². The van der Waals surface area contributed by atoms with E-state index in [0.29, 0.717) is 75.4 Å². The molecule has 0 heterocycles. The van der Waals surface area contributed by atoms with Crippen LogP contribution in [0.25, 0.3) is 0 Å². The first-order chi connectivity index (χ1) is 59.3.